The summed E-state index contributed by atoms with van der Waals surface area (Å²) in [5, 5.41) is 8.46. The van der Waals surface area contributed by atoms with Gasteiger partial charge in [-0.1, -0.05) is 39.0 Å². The molecule has 3 aromatic rings. The van der Waals surface area contributed by atoms with Gasteiger partial charge in [0.2, 0.25) is 0 Å². The number of carbonyl (C=O) groups is 2. The molecule has 4 rings (SSSR count). The number of nitrogens with zero attached hydrogens (tertiary/aromatic N) is 1. The number of fused-ring (bicyclic) bond motifs is 1. The van der Waals surface area contributed by atoms with Crippen LogP contribution in [0.25, 0.3) is 11.6 Å². The Balaban J connectivity index is 1.46. The van der Waals surface area contributed by atoms with E-state index in [2.05, 4.69) is 46.7 Å². The summed E-state index contributed by atoms with van der Waals surface area (Å²) in [7, 11) is 0. The lowest BCUT2D eigenvalue weighted by atomic mass is 9.87. The molecule has 4 N–H and O–H groups in total. The van der Waals surface area contributed by atoms with Gasteiger partial charge in [-0.2, -0.15) is 0 Å². The summed E-state index contributed by atoms with van der Waals surface area (Å²) in [4.78, 5) is 31.6. The highest BCUT2D eigenvalue weighted by Gasteiger charge is 2.24. The molecule has 1 aliphatic rings. The summed E-state index contributed by atoms with van der Waals surface area (Å²) < 4.78 is 0. The van der Waals surface area contributed by atoms with Crippen LogP contribution in [-0.4, -0.2) is 21.9 Å². The van der Waals surface area contributed by atoms with Crippen LogP contribution in [-0.2, 0) is 10.2 Å². The Morgan fingerprint density at radius 2 is 1.73 bits per heavy atom. The molecular formula is C23H23N5O2. The van der Waals surface area contributed by atoms with Gasteiger partial charge in [-0.15, -0.1) is 0 Å². The Bertz CT molecular complexity index is 1120. The van der Waals surface area contributed by atoms with E-state index in [4.69, 9.17) is 0 Å². The van der Waals surface area contributed by atoms with Gasteiger partial charge in [0.1, 0.15) is 0 Å². The van der Waals surface area contributed by atoms with E-state index in [9.17, 15) is 9.59 Å². The SMILES string of the molecule is CC(C)(C)c1ccc(NC(=O)Nc2ccc3c(c2)NC(=O)/C3=C\c2cnc[nH]2)cc1. The molecule has 0 saturated heterocycles. The lowest BCUT2D eigenvalue weighted by Crippen LogP contribution is -2.19. The lowest BCUT2D eigenvalue weighted by molar-refractivity contribution is -0.110. The van der Waals surface area contributed by atoms with Crippen LogP contribution in [0, 0.1) is 0 Å². The average Bonchev–Trinajstić information content (AvgIpc) is 3.29. The number of H-pyrrole nitrogens is 1. The van der Waals surface area contributed by atoms with Crippen molar-refractivity contribution in [2.45, 2.75) is 26.2 Å². The zero-order valence-electron chi connectivity index (χ0n) is 17.0. The van der Waals surface area contributed by atoms with Gasteiger partial charge in [0.05, 0.1) is 29.5 Å². The zero-order valence-corrected chi connectivity index (χ0v) is 17.0. The molecule has 7 heteroatoms. The smallest absolute Gasteiger partial charge is 0.323 e. The van der Waals surface area contributed by atoms with Crippen molar-refractivity contribution in [1.82, 2.24) is 9.97 Å². The van der Waals surface area contributed by atoms with Gasteiger partial charge in [0.25, 0.3) is 5.91 Å². The Kier molecular flexibility index (Phi) is 4.87. The van der Waals surface area contributed by atoms with Gasteiger partial charge in [-0.3, -0.25) is 4.79 Å². The molecule has 7 nitrogen and oxygen atoms in total. The molecule has 1 aliphatic heterocycles. The molecule has 0 radical (unpaired) electrons. The van der Waals surface area contributed by atoms with Crippen LogP contribution in [0.15, 0.2) is 55.0 Å². The van der Waals surface area contributed by atoms with E-state index < -0.39 is 0 Å². The number of nitrogens with one attached hydrogen (secondary N) is 4. The second-order valence-corrected chi connectivity index (χ2v) is 8.19. The van der Waals surface area contributed by atoms with Gasteiger partial charge in [0, 0.05) is 16.9 Å². The predicted molar refractivity (Wildman–Crippen MR) is 119 cm³/mol. The maximum absolute atomic E-state index is 12.4. The Labute approximate surface area is 174 Å². The number of carbonyl (C=O) groups excluding carboxylic acids is 2. The Hall–Kier alpha value is -3.87. The number of aromatic amines is 1. The van der Waals surface area contributed by atoms with Crippen molar-refractivity contribution in [3.8, 4) is 0 Å². The van der Waals surface area contributed by atoms with E-state index in [1.54, 1.807) is 30.7 Å². The number of rotatable bonds is 3. The molecule has 0 aliphatic carbocycles. The summed E-state index contributed by atoms with van der Waals surface area (Å²) in [6.07, 6.45) is 4.95. The van der Waals surface area contributed by atoms with E-state index >= 15 is 0 Å². The summed E-state index contributed by atoms with van der Waals surface area (Å²) >= 11 is 0. The van der Waals surface area contributed by atoms with E-state index in [1.807, 2.05) is 30.3 Å². The van der Waals surface area contributed by atoms with Crippen LogP contribution in [0.4, 0.5) is 21.9 Å². The van der Waals surface area contributed by atoms with Crippen LogP contribution >= 0.6 is 0 Å². The number of urea groups is 1. The lowest BCUT2D eigenvalue weighted by Gasteiger charge is -2.19. The Morgan fingerprint density at radius 3 is 2.40 bits per heavy atom. The molecular weight excluding hydrogens is 378 g/mol. The van der Waals surface area contributed by atoms with Crippen molar-refractivity contribution in [2.24, 2.45) is 0 Å². The minimum Gasteiger partial charge on any atom is -0.345 e. The molecule has 1 aromatic heterocycles. The molecule has 3 amide bonds. The number of imidazole rings is 1. The first-order chi connectivity index (χ1) is 14.3. The number of anilines is 3. The monoisotopic (exact) mass is 401 g/mol. The summed E-state index contributed by atoms with van der Waals surface area (Å²) in [5.74, 6) is -0.194. The molecule has 0 spiro atoms. The van der Waals surface area contributed by atoms with Gasteiger partial charge < -0.3 is 20.9 Å². The minimum atomic E-state index is -0.351. The number of hydrogen-bond donors (Lipinski definition) is 4. The quantitative estimate of drug-likeness (QED) is 0.472. The van der Waals surface area contributed by atoms with Crippen LogP contribution in [0.3, 0.4) is 0 Å². The first kappa shape index (κ1) is 19.4. The van der Waals surface area contributed by atoms with Crippen molar-refractivity contribution >= 4 is 40.6 Å². The van der Waals surface area contributed by atoms with E-state index in [1.165, 1.54) is 5.56 Å². The van der Waals surface area contributed by atoms with Gasteiger partial charge >= 0.3 is 6.03 Å². The highest BCUT2D eigenvalue weighted by atomic mass is 16.2. The standard InChI is InChI=1S/C23H23N5O2/c1-23(2,3)14-4-6-15(7-5-14)26-22(30)27-16-8-9-18-19(10-17-12-24-13-25-17)21(29)28-20(18)11-16/h4-13H,1-3H3,(H,24,25)(H,28,29)(H2,26,27,30)/b19-10-. The van der Waals surface area contributed by atoms with Crippen LogP contribution in [0.5, 0.6) is 0 Å². The summed E-state index contributed by atoms with van der Waals surface area (Å²) in [5.41, 5.74) is 5.26. The van der Waals surface area contributed by atoms with Gasteiger partial charge in [-0.25, -0.2) is 9.78 Å². The fourth-order valence-corrected chi connectivity index (χ4v) is 3.26. The molecule has 30 heavy (non-hydrogen) atoms. The largest absolute Gasteiger partial charge is 0.345 e. The molecule has 2 aromatic carbocycles. The molecule has 152 valence electrons. The molecule has 2 heterocycles. The topological polar surface area (TPSA) is 98.9 Å². The number of aromatic nitrogens is 2. The minimum absolute atomic E-state index is 0.0559. The fraction of sp³-hybridized carbons (Fsp3) is 0.174. The molecule has 0 bridgehead atoms. The van der Waals surface area contributed by atoms with Crippen molar-refractivity contribution in [2.75, 3.05) is 16.0 Å². The van der Waals surface area contributed by atoms with Gasteiger partial charge in [-0.05, 0) is 41.3 Å². The van der Waals surface area contributed by atoms with Crippen molar-refractivity contribution in [3.63, 3.8) is 0 Å². The van der Waals surface area contributed by atoms with Crippen molar-refractivity contribution in [3.05, 3.63) is 71.8 Å². The molecule has 0 atom stereocenters. The number of hydrogen-bond acceptors (Lipinski definition) is 3. The van der Waals surface area contributed by atoms with E-state index in [0.29, 0.717) is 22.6 Å². The second kappa shape index (κ2) is 7.51. The Morgan fingerprint density at radius 1 is 1.03 bits per heavy atom. The van der Waals surface area contributed by atoms with Crippen molar-refractivity contribution < 1.29 is 9.59 Å². The van der Waals surface area contributed by atoms with Crippen LogP contribution < -0.4 is 16.0 Å². The van der Waals surface area contributed by atoms with Crippen molar-refractivity contribution in [1.29, 1.82) is 0 Å². The van der Waals surface area contributed by atoms with E-state index in [-0.39, 0.29) is 17.4 Å². The highest BCUT2D eigenvalue weighted by Crippen LogP contribution is 2.35. The third-order valence-electron chi connectivity index (χ3n) is 4.89. The number of amides is 3. The summed E-state index contributed by atoms with van der Waals surface area (Å²) in [6.45, 7) is 6.43. The third kappa shape index (κ3) is 4.10. The second-order valence-electron chi connectivity index (χ2n) is 8.19. The average molecular weight is 401 g/mol. The number of benzene rings is 2. The van der Waals surface area contributed by atoms with Crippen LogP contribution in [0.1, 0.15) is 37.6 Å². The van der Waals surface area contributed by atoms with Gasteiger partial charge in [0.15, 0.2) is 0 Å². The zero-order chi connectivity index (χ0) is 21.3. The van der Waals surface area contributed by atoms with Crippen LogP contribution in [0.2, 0.25) is 0 Å². The maximum Gasteiger partial charge on any atom is 0.323 e. The van der Waals surface area contributed by atoms with E-state index in [0.717, 1.165) is 11.3 Å². The summed E-state index contributed by atoms with van der Waals surface area (Å²) in [6, 6.07) is 12.7. The first-order valence-electron chi connectivity index (χ1n) is 9.64. The first-order valence-corrected chi connectivity index (χ1v) is 9.64. The fourth-order valence-electron chi connectivity index (χ4n) is 3.26. The molecule has 0 fully saturated rings. The third-order valence-corrected chi connectivity index (χ3v) is 4.89. The predicted octanol–water partition coefficient (Wildman–Crippen LogP) is 4.84. The molecule has 0 saturated carbocycles. The normalized spacial score (nSPS) is 14.4. The molecule has 0 unspecified atom stereocenters. The maximum atomic E-state index is 12.4. The highest BCUT2D eigenvalue weighted by molar-refractivity contribution is 6.35.